The summed E-state index contributed by atoms with van der Waals surface area (Å²) >= 11 is 0. The van der Waals surface area contributed by atoms with E-state index in [9.17, 15) is 5.48 Å². The summed E-state index contributed by atoms with van der Waals surface area (Å²) in [5.74, 6) is 0.687. The SMILES string of the molecule is [2H]c1c([2H])c(-c2nc(-c3ccc4c(c3)oc3ccccc34)nc(-c3cc(-c4ccccc4)ccc3-c3ccccc3)n2)c([2H])c(-c2cc(-c3ccccc3)cc3ccccc23)c1[2H]. The molecule has 0 amide bonds. The van der Waals surface area contributed by atoms with Crippen LogP contribution in [0.15, 0.2) is 217 Å². The van der Waals surface area contributed by atoms with Crippen LogP contribution < -0.4 is 0 Å². The van der Waals surface area contributed by atoms with Gasteiger partial charge in [-0.15, -0.1) is 0 Å². The zero-order valence-electron chi connectivity index (χ0n) is 35.6. The molecule has 0 fully saturated rings. The molecule has 4 nitrogen and oxygen atoms in total. The van der Waals surface area contributed by atoms with Gasteiger partial charge in [-0.1, -0.05) is 170 Å². The molecule has 9 aromatic carbocycles. The molecule has 0 spiro atoms. The van der Waals surface area contributed by atoms with Crippen LogP contribution in [-0.4, -0.2) is 15.0 Å². The standard InChI is InChI=1S/C55H35N3O/c1-4-15-36(16-5-1)39-27-29-46(38-19-8-3-9-20-38)50(33-39)55-57-53(56-54(58-55)43-28-30-48-47-25-12-13-26-51(47)59-52(48)35-43)42-23-14-22-41(31-42)49-34-44(37-17-6-2-7-18-37)32-40-21-10-11-24-45(40)49/h1-35H/i14D,22D,23D,31D. The van der Waals surface area contributed by atoms with Crippen LogP contribution in [-0.2, 0) is 0 Å². The van der Waals surface area contributed by atoms with E-state index in [1.807, 2.05) is 152 Å². The van der Waals surface area contributed by atoms with Gasteiger partial charge >= 0.3 is 0 Å². The van der Waals surface area contributed by atoms with Crippen molar-refractivity contribution in [3.63, 3.8) is 0 Å². The van der Waals surface area contributed by atoms with Crippen molar-refractivity contribution in [2.45, 2.75) is 0 Å². The lowest BCUT2D eigenvalue weighted by molar-refractivity contribution is 0.669. The van der Waals surface area contributed by atoms with Gasteiger partial charge in [0.05, 0.1) is 5.48 Å². The Labute approximate surface area is 347 Å². The van der Waals surface area contributed by atoms with E-state index in [2.05, 4.69) is 36.4 Å². The van der Waals surface area contributed by atoms with Crippen LogP contribution in [0.3, 0.4) is 0 Å². The lowest BCUT2D eigenvalue weighted by Gasteiger charge is -2.15. The maximum atomic E-state index is 9.95. The van der Waals surface area contributed by atoms with Crippen molar-refractivity contribution in [3.05, 3.63) is 212 Å². The third-order valence-electron chi connectivity index (χ3n) is 10.8. The van der Waals surface area contributed by atoms with Crippen LogP contribution in [0.4, 0.5) is 0 Å². The van der Waals surface area contributed by atoms with Crippen LogP contribution in [0.2, 0.25) is 0 Å². The molecule has 11 aromatic rings. The van der Waals surface area contributed by atoms with Gasteiger partial charge in [-0.25, -0.2) is 15.0 Å². The summed E-state index contributed by atoms with van der Waals surface area (Å²) in [6.45, 7) is 0. The molecule has 0 atom stereocenters. The van der Waals surface area contributed by atoms with Gasteiger partial charge in [-0.05, 0) is 97.7 Å². The molecule has 0 aliphatic heterocycles. The smallest absolute Gasteiger partial charge is 0.164 e. The first-order chi connectivity index (χ1) is 30.9. The third-order valence-corrected chi connectivity index (χ3v) is 10.8. The normalized spacial score (nSPS) is 12.3. The molecule has 2 heterocycles. The van der Waals surface area contributed by atoms with E-state index in [0.29, 0.717) is 28.4 Å². The first kappa shape index (κ1) is 30.2. The number of nitrogens with zero attached hydrogens (tertiary/aromatic N) is 3. The summed E-state index contributed by atoms with van der Waals surface area (Å²) in [6, 6.07) is 61.1. The predicted octanol–water partition coefficient (Wildman–Crippen LogP) is 14.6. The zero-order chi connectivity index (χ0) is 42.6. The first-order valence-electron chi connectivity index (χ1n) is 21.5. The first-order valence-corrected chi connectivity index (χ1v) is 19.5. The zero-order valence-corrected chi connectivity index (χ0v) is 31.6. The highest BCUT2D eigenvalue weighted by Crippen LogP contribution is 2.39. The van der Waals surface area contributed by atoms with Crippen LogP contribution in [0.5, 0.6) is 0 Å². The van der Waals surface area contributed by atoms with Crippen molar-refractivity contribution in [3.8, 4) is 78.7 Å². The number of para-hydroxylation sites is 1. The molecule has 2 aromatic heterocycles. The Morgan fingerprint density at radius 1 is 0.339 bits per heavy atom. The second-order valence-electron chi connectivity index (χ2n) is 14.5. The number of fused-ring (bicyclic) bond motifs is 4. The van der Waals surface area contributed by atoms with E-state index in [1.165, 1.54) is 0 Å². The summed E-state index contributed by atoms with van der Waals surface area (Å²) < 4.78 is 44.3. The Balaban J connectivity index is 1.20. The van der Waals surface area contributed by atoms with Crippen molar-refractivity contribution < 1.29 is 9.90 Å². The van der Waals surface area contributed by atoms with E-state index in [-0.39, 0.29) is 41.1 Å². The highest BCUT2D eigenvalue weighted by molar-refractivity contribution is 6.06. The molecular weight excluding hydrogens is 719 g/mol. The van der Waals surface area contributed by atoms with E-state index < -0.39 is 0 Å². The number of benzene rings is 9. The molecule has 0 saturated heterocycles. The van der Waals surface area contributed by atoms with Crippen molar-refractivity contribution in [1.82, 2.24) is 15.0 Å². The van der Waals surface area contributed by atoms with Gasteiger partial charge in [0.15, 0.2) is 17.5 Å². The fourth-order valence-electron chi connectivity index (χ4n) is 7.92. The molecule has 0 aliphatic rings. The Hall–Kier alpha value is -7.95. The van der Waals surface area contributed by atoms with Gasteiger partial charge in [0.1, 0.15) is 11.2 Å². The molecule has 0 radical (unpaired) electrons. The van der Waals surface area contributed by atoms with Crippen LogP contribution in [0.25, 0.3) is 111 Å². The molecule has 276 valence electrons. The Bertz CT molecular complexity index is 3560. The number of hydrogen-bond donors (Lipinski definition) is 0. The topological polar surface area (TPSA) is 51.8 Å². The Morgan fingerprint density at radius 3 is 1.69 bits per heavy atom. The van der Waals surface area contributed by atoms with Crippen LogP contribution >= 0.6 is 0 Å². The lowest BCUT2D eigenvalue weighted by atomic mass is 9.92. The number of furan rings is 1. The fourth-order valence-corrected chi connectivity index (χ4v) is 7.92. The molecule has 0 saturated carbocycles. The number of hydrogen-bond acceptors (Lipinski definition) is 4. The third kappa shape index (κ3) is 6.43. The molecule has 0 N–H and O–H groups in total. The number of aromatic nitrogens is 3. The van der Waals surface area contributed by atoms with Gasteiger partial charge in [-0.2, -0.15) is 0 Å². The highest BCUT2D eigenvalue weighted by Gasteiger charge is 2.19. The second-order valence-corrected chi connectivity index (χ2v) is 14.5. The van der Waals surface area contributed by atoms with E-state index >= 15 is 0 Å². The van der Waals surface area contributed by atoms with Gasteiger partial charge in [0.2, 0.25) is 0 Å². The molecule has 0 bridgehead atoms. The van der Waals surface area contributed by atoms with Gasteiger partial charge in [-0.3, -0.25) is 0 Å². The van der Waals surface area contributed by atoms with Gasteiger partial charge in [0.25, 0.3) is 0 Å². The Kier molecular flexibility index (Phi) is 7.44. The molecular formula is C55H35N3O. The molecule has 11 rings (SSSR count). The van der Waals surface area contributed by atoms with Gasteiger partial charge in [0, 0.05) is 27.5 Å². The monoisotopic (exact) mass is 757 g/mol. The molecule has 0 aliphatic carbocycles. The lowest BCUT2D eigenvalue weighted by Crippen LogP contribution is -2.01. The highest BCUT2D eigenvalue weighted by atomic mass is 16.3. The summed E-state index contributed by atoms with van der Waals surface area (Å²) in [5, 5.41) is 3.69. The minimum atomic E-state index is -0.326. The Morgan fingerprint density at radius 2 is 0.915 bits per heavy atom. The minimum absolute atomic E-state index is 0.0374. The average Bonchev–Trinajstić information content (AvgIpc) is 3.72. The summed E-state index contributed by atoms with van der Waals surface area (Å²) in [7, 11) is 0. The predicted molar refractivity (Wildman–Crippen MR) is 243 cm³/mol. The van der Waals surface area contributed by atoms with Crippen molar-refractivity contribution in [2.24, 2.45) is 0 Å². The van der Waals surface area contributed by atoms with E-state index in [0.717, 1.165) is 66.1 Å². The molecule has 4 heteroatoms. The van der Waals surface area contributed by atoms with E-state index in [1.54, 1.807) is 0 Å². The maximum Gasteiger partial charge on any atom is 0.164 e. The average molecular weight is 758 g/mol. The van der Waals surface area contributed by atoms with Gasteiger partial charge < -0.3 is 4.42 Å². The van der Waals surface area contributed by atoms with Crippen molar-refractivity contribution in [1.29, 1.82) is 0 Å². The molecule has 59 heavy (non-hydrogen) atoms. The van der Waals surface area contributed by atoms with Crippen molar-refractivity contribution in [2.75, 3.05) is 0 Å². The summed E-state index contributed by atoms with van der Waals surface area (Å²) in [4.78, 5) is 15.4. The molecule has 0 unspecified atom stereocenters. The number of rotatable bonds is 7. The van der Waals surface area contributed by atoms with Crippen molar-refractivity contribution >= 4 is 32.7 Å². The second kappa shape index (κ2) is 14.5. The maximum absolute atomic E-state index is 9.95. The minimum Gasteiger partial charge on any atom is -0.456 e. The van der Waals surface area contributed by atoms with Crippen LogP contribution in [0, 0.1) is 0 Å². The summed E-state index contributed by atoms with van der Waals surface area (Å²) in [5.41, 5.74) is 9.38. The van der Waals surface area contributed by atoms with Crippen LogP contribution in [0.1, 0.15) is 5.48 Å². The quantitative estimate of drug-likeness (QED) is 0.162. The van der Waals surface area contributed by atoms with E-state index in [4.69, 9.17) is 19.4 Å². The largest absolute Gasteiger partial charge is 0.456 e. The summed E-state index contributed by atoms with van der Waals surface area (Å²) in [6.07, 6.45) is 0. The fraction of sp³-hybridized carbons (Fsp3) is 0.